The van der Waals surface area contributed by atoms with Crippen LogP contribution in [0.15, 0.2) is 35.9 Å². The van der Waals surface area contributed by atoms with Crippen LogP contribution in [0.1, 0.15) is 5.56 Å². The molecule has 0 aromatic heterocycles. The maximum Gasteiger partial charge on any atom is 0.280 e. The maximum absolute atomic E-state index is 12.4. The van der Waals surface area contributed by atoms with Crippen LogP contribution in [0, 0.1) is 21.4 Å². The second-order valence-electron chi connectivity index (χ2n) is 5.31. The fraction of sp³-hybridized carbons (Fsp3) is 0.111. The van der Waals surface area contributed by atoms with Crippen LogP contribution in [0.5, 0.6) is 11.5 Å². The fourth-order valence-electron chi connectivity index (χ4n) is 2.29. The number of hydrogen-bond acceptors (Lipinski definition) is 6. The third-order valence-corrected chi connectivity index (χ3v) is 3.95. The predicted octanol–water partition coefficient (Wildman–Crippen LogP) is 4.46. The second kappa shape index (κ2) is 9.08. The second-order valence-corrected chi connectivity index (χ2v) is 6.18. The van der Waals surface area contributed by atoms with E-state index in [1.54, 1.807) is 6.07 Å². The number of nitriles is 1. The van der Waals surface area contributed by atoms with Gasteiger partial charge in [0.15, 0.2) is 11.5 Å². The number of nitro benzene ring substituents is 1. The van der Waals surface area contributed by atoms with Gasteiger partial charge in [-0.15, -0.1) is 0 Å². The minimum atomic E-state index is -0.787. The van der Waals surface area contributed by atoms with Crippen molar-refractivity contribution in [3.63, 3.8) is 0 Å². The molecule has 0 radical (unpaired) electrons. The van der Waals surface area contributed by atoms with E-state index in [0.717, 1.165) is 12.1 Å². The van der Waals surface area contributed by atoms with E-state index < -0.39 is 10.8 Å². The van der Waals surface area contributed by atoms with Gasteiger partial charge in [0.1, 0.15) is 11.6 Å². The summed E-state index contributed by atoms with van der Waals surface area (Å²) in [5, 5.41) is 23.8. The van der Waals surface area contributed by atoms with Gasteiger partial charge in [0, 0.05) is 15.7 Å². The van der Waals surface area contributed by atoms with Crippen molar-refractivity contribution in [1.29, 1.82) is 5.26 Å². The zero-order valence-corrected chi connectivity index (χ0v) is 16.2. The molecule has 0 aliphatic heterocycles. The molecule has 28 heavy (non-hydrogen) atoms. The quantitative estimate of drug-likeness (QED) is 0.318. The molecule has 10 heteroatoms. The maximum atomic E-state index is 12.4. The number of carbonyl (C=O) groups excluding carboxylic acids is 1. The fourth-order valence-corrected chi connectivity index (χ4v) is 2.81. The van der Waals surface area contributed by atoms with Crippen molar-refractivity contribution in [2.24, 2.45) is 0 Å². The van der Waals surface area contributed by atoms with Crippen molar-refractivity contribution in [1.82, 2.24) is 0 Å². The number of nitro groups is 1. The lowest BCUT2D eigenvalue weighted by atomic mass is 10.1. The third-order valence-electron chi connectivity index (χ3n) is 3.51. The van der Waals surface area contributed by atoms with E-state index in [1.807, 2.05) is 0 Å². The van der Waals surface area contributed by atoms with Gasteiger partial charge in [0.25, 0.3) is 11.6 Å². The van der Waals surface area contributed by atoms with Crippen LogP contribution in [0.25, 0.3) is 6.08 Å². The lowest BCUT2D eigenvalue weighted by Crippen LogP contribution is -2.13. The highest BCUT2D eigenvalue weighted by molar-refractivity contribution is 6.35. The summed E-state index contributed by atoms with van der Waals surface area (Å²) in [7, 11) is 2.69. The van der Waals surface area contributed by atoms with E-state index in [-0.39, 0.29) is 34.0 Å². The molecule has 2 rings (SSSR count). The molecule has 1 amide bonds. The average molecular weight is 422 g/mol. The van der Waals surface area contributed by atoms with E-state index in [1.165, 1.54) is 38.5 Å². The summed E-state index contributed by atoms with van der Waals surface area (Å²) < 4.78 is 10.2. The van der Waals surface area contributed by atoms with Gasteiger partial charge in [-0.1, -0.05) is 23.2 Å². The largest absolute Gasteiger partial charge is 0.493 e. The number of methoxy groups -OCH3 is 2. The number of rotatable bonds is 6. The van der Waals surface area contributed by atoms with E-state index >= 15 is 0 Å². The highest BCUT2D eigenvalue weighted by atomic mass is 35.5. The van der Waals surface area contributed by atoms with Gasteiger partial charge in [-0.2, -0.15) is 5.26 Å². The molecular weight excluding hydrogens is 409 g/mol. The van der Waals surface area contributed by atoms with Crippen molar-refractivity contribution in [3.05, 3.63) is 61.6 Å². The highest BCUT2D eigenvalue weighted by Crippen LogP contribution is 2.35. The summed E-state index contributed by atoms with van der Waals surface area (Å²) in [5.41, 5.74) is -0.459. The molecule has 0 unspecified atom stereocenters. The Kier molecular flexibility index (Phi) is 6.82. The molecule has 0 atom stereocenters. The van der Waals surface area contributed by atoms with Gasteiger partial charge in [-0.05, 0) is 30.3 Å². The van der Waals surface area contributed by atoms with Crippen LogP contribution in [0.3, 0.4) is 0 Å². The lowest BCUT2D eigenvalue weighted by Gasteiger charge is -2.09. The van der Waals surface area contributed by atoms with Crippen LogP contribution < -0.4 is 14.8 Å². The van der Waals surface area contributed by atoms with Crippen LogP contribution in [0.2, 0.25) is 10.0 Å². The molecule has 1 N–H and O–H groups in total. The zero-order valence-electron chi connectivity index (χ0n) is 14.7. The Hall–Kier alpha value is -3.28. The summed E-state index contributed by atoms with van der Waals surface area (Å²) >= 11 is 11.8. The molecule has 0 fully saturated rings. The Morgan fingerprint density at radius 2 is 1.71 bits per heavy atom. The zero-order chi connectivity index (χ0) is 20.8. The Morgan fingerprint density at radius 3 is 2.21 bits per heavy atom. The first-order valence-electron chi connectivity index (χ1n) is 7.58. The summed E-state index contributed by atoms with van der Waals surface area (Å²) in [6.07, 6.45) is 1.08. The number of carbonyl (C=O) groups is 1. The Balaban J connectivity index is 2.46. The normalized spacial score (nSPS) is 10.8. The summed E-state index contributed by atoms with van der Waals surface area (Å²) in [6, 6.07) is 8.54. The Bertz CT molecular complexity index is 995. The van der Waals surface area contributed by atoms with Gasteiger partial charge in [0.2, 0.25) is 0 Å². The first kappa shape index (κ1) is 21.0. The number of nitrogens with zero attached hydrogens (tertiary/aromatic N) is 2. The number of hydrogen-bond donors (Lipinski definition) is 1. The number of nitrogens with one attached hydrogen (secondary N) is 1. The highest BCUT2D eigenvalue weighted by Gasteiger charge is 2.20. The first-order valence-corrected chi connectivity index (χ1v) is 8.34. The molecule has 0 heterocycles. The van der Waals surface area contributed by atoms with Gasteiger partial charge in [0.05, 0.1) is 30.8 Å². The van der Waals surface area contributed by atoms with Crippen LogP contribution in [-0.2, 0) is 4.79 Å². The minimum Gasteiger partial charge on any atom is -0.493 e. The molecule has 8 nitrogen and oxygen atoms in total. The van der Waals surface area contributed by atoms with Gasteiger partial charge >= 0.3 is 0 Å². The number of halogens is 2. The Morgan fingerprint density at radius 1 is 1.14 bits per heavy atom. The molecule has 2 aromatic carbocycles. The minimum absolute atomic E-state index is 0.00141. The Labute approximate surface area is 170 Å². The first-order chi connectivity index (χ1) is 13.3. The molecular formula is C18H13Cl2N3O5. The lowest BCUT2D eigenvalue weighted by molar-refractivity contribution is -0.385. The van der Waals surface area contributed by atoms with Gasteiger partial charge < -0.3 is 14.8 Å². The smallest absolute Gasteiger partial charge is 0.280 e. The molecule has 0 aliphatic carbocycles. The number of benzene rings is 2. The van der Waals surface area contributed by atoms with Crippen molar-refractivity contribution >= 4 is 46.6 Å². The van der Waals surface area contributed by atoms with Crippen LogP contribution >= 0.6 is 23.2 Å². The standard InChI is InChI=1S/C18H13Cl2N3O5/c1-27-16-4-10(15(23(25)26)8-17(16)28-2)3-11(9-21)18(24)22-14-6-12(19)5-13(20)7-14/h3-8H,1-2H3,(H,22,24)/b11-3+. The molecule has 2 aromatic rings. The topological polar surface area (TPSA) is 114 Å². The monoisotopic (exact) mass is 421 g/mol. The van der Waals surface area contributed by atoms with E-state index in [0.29, 0.717) is 10.0 Å². The molecule has 0 saturated carbocycles. The van der Waals surface area contributed by atoms with E-state index in [4.69, 9.17) is 32.7 Å². The van der Waals surface area contributed by atoms with Crippen LogP contribution in [0.4, 0.5) is 11.4 Å². The summed E-state index contributed by atoms with van der Waals surface area (Å²) in [6.45, 7) is 0. The molecule has 0 bridgehead atoms. The summed E-state index contributed by atoms with van der Waals surface area (Å²) in [5.74, 6) is -0.438. The van der Waals surface area contributed by atoms with Gasteiger partial charge in [-0.3, -0.25) is 14.9 Å². The van der Waals surface area contributed by atoms with Crippen molar-refractivity contribution in [3.8, 4) is 17.6 Å². The van der Waals surface area contributed by atoms with Crippen molar-refractivity contribution in [2.75, 3.05) is 19.5 Å². The predicted molar refractivity (Wildman–Crippen MR) is 105 cm³/mol. The molecule has 0 aliphatic rings. The van der Waals surface area contributed by atoms with Gasteiger partial charge in [-0.25, -0.2) is 0 Å². The van der Waals surface area contributed by atoms with Crippen LogP contribution in [-0.4, -0.2) is 25.1 Å². The van der Waals surface area contributed by atoms with E-state index in [9.17, 15) is 20.2 Å². The molecule has 0 saturated heterocycles. The van der Waals surface area contributed by atoms with E-state index in [2.05, 4.69) is 5.32 Å². The number of amides is 1. The summed E-state index contributed by atoms with van der Waals surface area (Å²) in [4.78, 5) is 23.1. The number of anilines is 1. The molecule has 0 spiro atoms. The molecule has 144 valence electrons. The number of ether oxygens (including phenoxy) is 2. The third kappa shape index (κ3) is 4.91. The SMILES string of the molecule is COc1cc(/C=C(\C#N)C(=O)Nc2cc(Cl)cc(Cl)c2)c([N+](=O)[O-])cc1OC. The average Bonchev–Trinajstić information content (AvgIpc) is 2.64. The van der Waals surface area contributed by atoms with Crippen molar-refractivity contribution in [2.45, 2.75) is 0 Å². The van der Waals surface area contributed by atoms with Crippen molar-refractivity contribution < 1.29 is 19.2 Å².